The van der Waals surface area contributed by atoms with E-state index in [4.69, 9.17) is 17.3 Å². The average Bonchev–Trinajstić information content (AvgIpc) is 2.76. The molecule has 0 radical (unpaired) electrons. The van der Waals surface area contributed by atoms with E-state index >= 15 is 0 Å². The van der Waals surface area contributed by atoms with Crippen molar-refractivity contribution in [1.29, 1.82) is 0 Å². The molecule has 84 valence electrons. The van der Waals surface area contributed by atoms with Gasteiger partial charge in [0.2, 0.25) is 0 Å². The predicted octanol–water partition coefficient (Wildman–Crippen LogP) is 4.32. The summed E-state index contributed by atoms with van der Waals surface area (Å²) in [5.74, 6) is 1.07. The van der Waals surface area contributed by atoms with E-state index in [1.165, 1.54) is 9.77 Å². The van der Waals surface area contributed by atoms with Crippen LogP contribution in [0, 0.1) is 0 Å². The molecule has 1 aromatic heterocycles. The fourth-order valence-corrected chi connectivity index (χ4v) is 3.33. The minimum atomic E-state index is 0.640. The lowest BCUT2D eigenvalue weighted by Crippen LogP contribution is -1.87. The summed E-state index contributed by atoms with van der Waals surface area (Å²) in [6.07, 6.45) is 1.10. The van der Waals surface area contributed by atoms with Gasteiger partial charge < -0.3 is 5.73 Å². The Morgan fingerprint density at radius 2 is 2.19 bits per heavy atom. The molecule has 2 N–H and O–H groups in total. The lowest BCUT2D eigenvalue weighted by atomic mass is 10.3. The van der Waals surface area contributed by atoms with Crippen molar-refractivity contribution in [2.75, 3.05) is 11.5 Å². The molecule has 0 amide bonds. The molecule has 0 unspecified atom stereocenters. The molecule has 0 spiro atoms. The highest BCUT2D eigenvalue weighted by Crippen LogP contribution is 2.27. The summed E-state index contributed by atoms with van der Waals surface area (Å²) in [6.45, 7) is 0. The summed E-state index contributed by atoms with van der Waals surface area (Å²) in [4.78, 5) is 2.60. The van der Waals surface area contributed by atoms with Crippen LogP contribution < -0.4 is 5.73 Å². The number of nitrogens with two attached hydrogens (primary N) is 1. The lowest BCUT2D eigenvalue weighted by molar-refractivity contribution is 1.20. The number of nitrogen functional groups attached to an aromatic ring is 1. The summed E-state index contributed by atoms with van der Waals surface area (Å²) < 4.78 is 0. The molecule has 0 saturated heterocycles. The Labute approximate surface area is 109 Å². The average molecular weight is 270 g/mol. The van der Waals surface area contributed by atoms with Gasteiger partial charge in [-0.3, -0.25) is 0 Å². The third kappa shape index (κ3) is 3.17. The van der Waals surface area contributed by atoms with Crippen LogP contribution in [0.25, 0.3) is 0 Å². The number of rotatable bonds is 4. The van der Waals surface area contributed by atoms with E-state index in [9.17, 15) is 0 Å². The van der Waals surface area contributed by atoms with Crippen molar-refractivity contribution >= 4 is 40.4 Å². The molecule has 4 heteroatoms. The first-order valence-electron chi connectivity index (χ1n) is 4.96. The van der Waals surface area contributed by atoms with Crippen LogP contribution in [0.1, 0.15) is 4.88 Å². The van der Waals surface area contributed by atoms with Crippen LogP contribution in [0.4, 0.5) is 5.69 Å². The van der Waals surface area contributed by atoms with Crippen molar-refractivity contribution in [3.63, 3.8) is 0 Å². The maximum atomic E-state index is 5.96. The number of benzene rings is 1. The first-order chi connectivity index (χ1) is 7.75. The largest absolute Gasteiger partial charge is 0.398 e. The summed E-state index contributed by atoms with van der Waals surface area (Å²) in [5.41, 5.74) is 6.30. The van der Waals surface area contributed by atoms with Gasteiger partial charge in [0.25, 0.3) is 0 Å². The molecular weight excluding hydrogens is 258 g/mol. The molecule has 0 fully saturated rings. The van der Waals surface area contributed by atoms with E-state index in [1.54, 1.807) is 11.3 Å². The number of anilines is 1. The van der Waals surface area contributed by atoms with Gasteiger partial charge in [-0.05, 0) is 36.1 Å². The Bertz CT molecular complexity index is 454. The van der Waals surface area contributed by atoms with Crippen LogP contribution >= 0.6 is 34.7 Å². The van der Waals surface area contributed by atoms with Gasteiger partial charge in [-0.2, -0.15) is 0 Å². The SMILES string of the molecule is Nc1ccc(SCCc2cccs2)cc1Cl. The van der Waals surface area contributed by atoms with E-state index < -0.39 is 0 Å². The highest BCUT2D eigenvalue weighted by atomic mass is 35.5. The summed E-state index contributed by atoms with van der Waals surface area (Å²) >= 11 is 9.57. The third-order valence-corrected chi connectivity index (χ3v) is 4.43. The summed E-state index contributed by atoms with van der Waals surface area (Å²) in [6, 6.07) is 10.1. The Hall–Kier alpha value is -0.640. The van der Waals surface area contributed by atoms with E-state index in [0.29, 0.717) is 10.7 Å². The predicted molar refractivity (Wildman–Crippen MR) is 74.6 cm³/mol. The molecule has 16 heavy (non-hydrogen) atoms. The van der Waals surface area contributed by atoms with Gasteiger partial charge in [-0.15, -0.1) is 23.1 Å². The molecule has 2 rings (SSSR count). The second-order valence-corrected chi connectivity index (χ2v) is 5.97. The van der Waals surface area contributed by atoms with Crippen molar-refractivity contribution in [2.45, 2.75) is 11.3 Å². The molecular formula is C12H12ClNS2. The molecule has 0 aliphatic heterocycles. The Balaban J connectivity index is 1.87. The first kappa shape index (κ1) is 11.8. The highest BCUT2D eigenvalue weighted by Gasteiger charge is 2.00. The highest BCUT2D eigenvalue weighted by molar-refractivity contribution is 7.99. The first-order valence-corrected chi connectivity index (χ1v) is 7.20. The number of hydrogen-bond acceptors (Lipinski definition) is 3. The van der Waals surface area contributed by atoms with Gasteiger partial charge in [-0.25, -0.2) is 0 Å². The van der Waals surface area contributed by atoms with Crippen LogP contribution in [0.15, 0.2) is 40.6 Å². The monoisotopic (exact) mass is 269 g/mol. The van der Waals surface area contributed by atoms with Gasteiger partial charge in [0.15, 0.2) is 0 Å². The second kappa shape index (κ2) is 5.62. The Morgan fingerprint density at radius 1 is 1.31 bits per heavy atom. The van der Waals surface area contributed by atoms with Crippen molar-refractivity contribution in [1.82, 2.24) is 0 Å². The van der Waals surface area contributed by atoms with Crippen molar-refractivity contribution in [2.24, 2.45) is 0 Å². The number of hydrogen-bond donors (Lipinski definition) is 1. The van der Waals surface area contributed by atoms with Gasteiger partial charge in [0.1, 0.15) is 0 Å². The lowest BCUT2D eigenvalue weighted by Gasteiger charge is -2.03. The third-order valence-electron chi connectivity index (χ3n) is 2.17. The van der Waals surface area contributed by atoms with E-state index in [-0.39, 0.29) is 0 Å². The minimum Gasteiger partial charge on any atom is -0.398 e. The van der Waals surface area contributed by atoms with Crippen molar-refractivity contribution in [3.05, 3.63) is 45.6 Å². The molecule has 0 bridgehead atoms. The van der Waals surface area contributed by atoms with Crippen molar-refractivity contribution in [3.8, 4) is 0 Å². The fourth-order valence-electron chi connectivity index (χ4n) is 1.32. The topological polar surface area (TPSA) is 26.0 Å². The number of thioether (sulfide) groups is 1. The van der Waals surface area contributed by atoms with Crippen molar-refractivity contribution < 1.29 is 0 Å². The normalized spacial score (nSPS) is 10.6. The molecule has 1 aromatic carbocycles. The van der Waals surface area contributed by atoms with Crippen LogP contribution in [0.3, 0.4) is 0 Å². The molecule has 1 nitrogen and oxygen atoms in total. The minimum absolute atomic E-state index is 0.640. The molecule has 2 aromatic rings. The van der Waals surface area contributed by atoms with Crippen LogP contribution in [-0.2, 0) is 6.42 Å². The number of thiophene rings is 1. The zero-order chi connectivity index (χ0) is 11.4. The molecule has 0 aliphatic rings. The zero-order valence-corrected chi connectivity index (χ0v) is 11.0. The number of halogens is 1. The quantitative estimate of drug-likeness (QED) is 0.661. The zero-order valence-electron chi connectivity index (χ0n) is 8.65. The molecule has 0 aliphatic carbocycles. The van der Waals surface area contributed by atoms with Crippen LogP contribution in [-0.4, -0.2) is 5.75 Å². The Morgan fingerprint density at radius 3 is 2.88 bits per heavy atom. The number of aryl methyl sites for hydroxylation is 1. The summed E-state index contributed by atoms with van der Waals surface area (Å²) in [7, 11) is 0. The van der Waals surface area contributed by atoms with E-state index in [2.05, 4.69) is 17.5 Å². The smallest absolute Gasteiger partial charge is 0.0646 e. The molecule has 0 atom stereocenters. The van der Waals surface area contributed by atoms with E-state index in [0.717, 1.165) is 12.2 Å². The summed E-state index contributed by atoms with van der Waals surface area (Å²) in [5, 5.41) is 2.75. The van der Waals surface area contributed by atoms with Gasteiger partial charge in [0, 0.05) is 15.5 Å². The maximum Gasteiger partial charge on any atom is 0.0646 e. The van der Waals surface area contributed by atoms with Gasteiger partial charge in [-0.1, -0.05) is 17.7 Å². The fraction of sp³-hybridized carbons (Fsp3) is 0.167. The molecule has 1 heterocycles. The standard InChI is InChI=1S/C12H12ClNS2/c13-11-8-10(3-4-12(11)14)16-7-5-9-2-1-6-15-9/h1-4,6,8H,5,7,14H2. The van der Waals surface area contributed by atoms with Gasteiger partial charge >= 0.3 is 0 Å². The van der Waals surface area contributed by atoms with E-state index in [1.807, 2.05) is 30.0 Å². The Kier molecular flexibility index (Phi) is 4.16. The molecule has 0 saturated carbocycles. The van der Waals surface area contributed by atoms with Crippen LogP contribution in [0.2, 0.25) is 5.02 Å². The second-order valence-electron chi connectivity index (χ2n) is 3.36. The van der Waals surface area contributed by atoms with Gasteiger partial charge in [0.05, 0.1) is 10.7 Å². The maximum absolute atomic E-state index is 5.96. The van der Waals surface area contributed by atoms with Crippen LogP contribution in [0.5, 0.6) is 0 Å².